The molecule has 4 aromatic carbocycles. The molecule has 208 valence electrons. The van der Waals surface area contributed by atoms with E-state index in [4.69, 9.17) is 0 Å². The molecule has 1 N–H and O–H groups in total. The van der Waals surface area contributed by atoms with E-state index in [2.05, 4.69) is 14.7 Å². The molecule has 0 aliphatic rings. The van der Waals surface area contributed by atoms with Crippen molar-refractivity contribution < 1.29 is 139 Å². The topological polar surface area (TPSA) is 228 Å². The first kappa shape index (κ1) is 40.1. The van der Waals surface area contributed by atoms with E-state index in [1.165, 1.54) is 42.5 Å². The summed E-state index contributed by atoms with van der Waals surface area (Å²) in [5.41, 5.74) is 0.243. The van der Waals surface area contributed by atoms with Crippen molar-refractivity contribution in [1.82, 2.24) is 0 Å². The van der Waals surface area contributed by atoms with Gasteiger partial charge in [-0.05, 0) is 48.0 Å². The minimum Gasteiger partial charge on any atom is -0.744 e. The first-order chi connectivity index (χ1) is 18.8. The number of carbonyl (C=O) groups is 1. The third-order valence-corrected chi connectivity index (χ3v) is 7.82. The minimum atomic E-state index is -5.35. The van der Waals surface area contributed by atoms with Crippen LogP contribution in [0.15, 0.2) is 87.5 Å². The number of anilines is 1. The van der Waals surface area contributed by atoms with Crippen LogP contribution < -0.4 is 99.2 Å². The van der Waals surface area contributed by atoms with E-state index in [-0.39, 0.29) is 123 Å². The molecule has 0 heterocycles. The van der Waals surface area contributed by atoms with Gasteiger partial charge >= 0.3 is 88.7 Å². The molecule has 0 atom stereocenters. The molecule has 14 nitrogen and oxygen atoms in total. The van der Waals surface area contributed by atoms with E-state index < -0.39 is 51.6 Å². The molecular formula is C23H13N2Na3O12S3. The summed E-state index contributed by atoms with van der Waals surface area (Å²) in [6.07, 6.45) is 0. The molecule has 0 aliphatic carbocycles. The molecule has 4 rings (SSSR count). The number of nitro groups is 1. The van der Waals surface area contributed by atoms with E-state index in [1.54, 1.807) is 6.07 Å². The molecule has 0 bridgehead atoms. The maximum Gasteiger partial charge on any atom is 1.00 e. The summed E-state index contributed by atoms with van der Waals surface area (Å²) < 4.78 is 76.0. The number of benzene rings is 4. The fourth-order valence-electron chi connectivity index (χ4n) is 3.89. The monoisotopic (exact) mass is 674 g/mol. The van der Waals surface area contributed by atoms with E-state index in [1.807, 2.05) is 0 Å². The molecule has 0 saturated carbocycles. The summed E-state index contributed by atoms with van der Waals surface area (Å²) in [7, 11) is -10.6. The molecule has 4 aromatic rings. The van der Waals surface area contributed by atoms with Gasteiger partial charge in [-0.2, -0.15) is 4.33 Å². The third kappa shape index (κ3) is 9.53. The van der Waals surface area contributed by atoms with Gasteiger partial charge in [-0.15, -0.1) is 0 Å². The average molecular weight is 675 g/mol. The Kier molecular flexibility index (Phi) is 15.4. The quantitative estimate of drug-likeness (QED) is 0.0436. The summed E-state index contributed by atoms with van der Waals surface area (Å²) in [6.45, 7) is 0. The van der Waals surface area contributed by atoms with Crippen molar-refractivity contribution >= 4 is 60.3 Å². The molecule has 0 fully saturated rings. The molecule has 0 radical (unpaired) electrons. The number of fused-ring (bicyclic) bond motifs is 1. The predicted octanol–water partition coefficient (Wildman–Crippen LogP) is -6.28. The maximum absolute atomic E-state index is 13.0. The van der Waals surface area contributed by atoms with Crippen LogP contribution in [-0.4, -0.2) is 36.8 Å². The first-order valence-electron chi connectivity index (χ1n) is 10.6. The summed E-state index contributed by atoms with van der Waals surface area (Å²) >= 11 is 0.139. The number of nitrogens with zero attached hydrogens (tertiary/aromatic N) is 1. The van der Waals surface area contributed by atoms with Gasteiger partial charge in [0.05, 0.1) is 38.0 Å². The van der Waals surface area contributed by atoms with Crippen LogP contribution in [0.5, 0.6) is 0 Å². The van der Waals surface area contributed by atoms with E-state index in [0.29, 0.717) is 11.1 Å². The van der Waals surface area contributed by atoms with Crippen LogP contribution in [0.2, 0.25) is 0 Å². The average Bonchev–Trinajstić information content (AvgIpc) is 2.90. The molecule has 0 saturated heterocycles. The maximum atomic E-state index is 13.0. The number of rotatable bonds is 9. The van der Waals surface area contributed by atoms with Gasteiger partial charge in [-0.25, -0.2) is 16.8 Å². The summed E-state index contributed by atoms with van der Waals surface area (Å²) in [4.78, 5) is 21.6. The fraction of sp³-hybridized carbons (Fsp3) is 0. The summed E-state index contributed by atoms with van der Waals surface area (Å²) in [6, 6.07) is 14.9. The smallest absolute Gasteiger partial charge is 0.744 e. The van der Waals surface area contributed by atoms with Crippen LogP contribution >= 0.6 is 12.0 Å². The molecule has 0 spiro atoms. The van der Waals surface area contributed by atoms with Crippen molar-refractivity contribution in [1.29, 1.82) is 0 Å². The zero-order valence-corrected chi connectivity index (χ0v) is 30.9. The van der Waals surface area contributed by atoms with Gasteiger partial charge in [0.2, 0.25) is 0 Å². The standard InChI is InChI=1S/C23H16N2O12S3.3Na/c26-23(14-7-5-13(6-8-14)16-3-1-2-4-19(16)25(27)28)24-18-9-10-20(39(30,31)32)17-11-15(38-37-36-29)12-21(22(17)18)40(33,34)35;;;/h1-12,29H,(H,24,26)(H,30,31,32)(H,33,34,35);;;/q;3*+1/p-3. The van der Waals surface area contributed by atoms with Crippen LogP contribution in [0.1, 0.15) is 10.4 Å². The molecule has 0 aromatic heterocycles. The van der Waals surface area contributed by atoms with Crippen LogP contribution in [0.4, 0.5) is 11.4 Å². The van der Waals surface area contributed by atoms with E-state index >= 15 is 0 Å². The number of amides is 1. The predicted molar refractivity (Wildman–Crippen MR) is 134 cm³/mol. The van der Waals surface area contributed by atoms with Crippen molar-refractivity contribution in [3.63, 3.8) is 0 Å². The second-order valence-corrected chi connectivity index (χ2v) is 11.4. The van der Waals surface area contributed by atoms with Gasteiger partial charge in [-0.3, -0.25) is 19.9 Å². The first-order valence-corrected chi connectivity index (χ1v) is 14.2. The zero-order valence-electron chi connectivity index (χ0n) is 22.5. The molecule has 20 heteroatoms. The minimum absolute atomic E-state index is 0. The van der Waals surface area contributed by atoms with Gasteiger partial charge in [0.25, 0.3) is 11.6 Å². The molecular weight excluding hydrogens is 661 g/mol. The Morgan fingerprint density at radius 3 is 2.00 bits per heavy atom. The number of hydrogen-bond donors (Lipinski definition) is 1. The van der Waals surface area contributed by atoms with Crippen LogP contribution in [0, 0.1) is 10.1 Å². The van der Waals surface area contributed by atoms with Crippen molar-refractivity contribution in [3.8, 4) is 11.1 Å². The van der Waals surface area contributed by atoms with Gasteiger partial charge < -0.3 is 19.7 Å². The van der Waals surface area contributed by atoms with Crippen LogP contribution in [-0.2, 0) is 29.6 Å². The van der Waals surface area contributed by atoms with Crippen molar-refractivity contribution in [3.05, 3.63) is 88.5 Å². The normalized spacial score (nSPS) is 11.0. The Balaban J connectivity index is 0.00000308. The zero-order chi connectivity index (χ0) is 29.2. The van der Waals surface area contributed by atoms with Crippen molar-refractivity contribution in [2.24, 2.45) is 0 Å². The van der Waals surface area contributed by atoms with Gasteiger partial charge in [0, 0.05) is 27.3 Å². The van der Waals surface area contributed by atoms with Crippen LogP contribution in [0.3, 0.4) is 0 Å². The second-order valence-electron chi connectivity index (χ2n) is 7.89. The Labute approximate surface area is 315 Å². The Morgan fingerprint density at radius 1 is 0.837 bits per heavy atom. The second kappa shape index (κ2) is 16.6. The Hall–Kier alpha value is -0.940. The number of carbonyl (C=O) groups excluding carboxylic acids is 1. The van der Waals surface area contributed by atoms with Gasteiger partial charge in [0.1, 0.15) is 20.2 Å². The molecule has 0 aliphatic heterocycles. The fourth-order valence-corrected chi connectivity index (χ4v) is 5.81. The summed E-state index contributed by atoms with van der Waals surface area (Å²) in [5.74, 6) is -0.830. The summed E-state index contributed by atoms with van der Waals surface area (Å²) in [5, 5.41) is 25.9. The number of nitro benzene ring substituents is 1. The number of nitrogens with one attached hydrogen (secondary N) is 1. The van der Waals surface area contributed by atoms with Gasteiger partial charge in [0.15, 0.2) is 0 Å². The number of hydrogen-bond acceptors (Lipinski definition) is 13. The van der Waals surface area contributed by atoms with E-state index in [9.17, 15) is 46.1 Å². The third-order valence-electron chi connectivity index (χ3n) is 5.52. The van der Waals surface area contributed by atoms with Crippen molar-refractivity contribution in [2.75, 3.05) is 5.32 Å². The van der Waals surface area contributed by atoms with E-state index in [0.717, 1.165) is 24.3 Å². The van der Waals surface area contributed by atoms with Gasteiger partial charge in [-0.1, -0.05) is 24.3 Å². The Bertz CT molecular complexity index is 1870. The van der Waals surface area contributed by atoms with Crippen molar-refractivity contribution in [2.45, 2.75) is 14.7 Å². The largest absolute Gasteiger partial charge is 1.00 e. The molecule has 0 unspecified atom stereocenters. The Morgan fingerprint density at radius 2 is 1.44 bits per heavy atom. The number of para-hydroxylation sites is 1. The molecule has 43 heavy (non-hydrogen) atoms. The van der Waals surface area contributed by atoms with Crippen LogP contribution in [0.25, 0.3) is 21.9 Å². The SMILES string of the molecule is O=C(Nc1ccc(S(=O)(=O)[O-])c2cc(SOO[O-])cc(S(=O)(=O)[O-])c12)c1ccc(-c2ccccc2[N+](=O)[O-])cc1.[Na+].[Na+].[Na+]. The molecule has 1 amide bonds.